The average Bonchev–Trinajstić information content (AvgIpc) is 3.10. The van der Waals surface area contributed by atoms with Gasteiger partial charge in [0.2, 0.25) is 0 Å². The molecule has 0 spiro atoms. The molecule has 3 rings (SSSR count). The van der Waals surface area contributed by atoms with Crippen LogP contribution in [0.2, 0.25) is 0 Å². The first-order valence-corrected chi connectivity index (χ1v) is 11.9. The predicted octanol–water partition coefficient (Wildman–Crippen LogP) is 4.77. The highest BCUT2D eigenvalue weighted by atomic mass is 19.1. The Morgan fingerprint density at radius 1 is 1.03 bits per heavy atom. The van der Waals surface area contributed by atoms with Crippen LogP contribution in [0.3, 0.4) is 0 Å². The minimum Gasteiger partial charge on any atom is -0.507 e. The van der Waals surface area contributed by atoms with E-state index in [0.717, 1.165) is 25.9 Å². The van der Waals surface area contributed by atoms with Gasteiger partial charge in [-0.25, -0.2) is 4.39 Å². The summed E-state index contributed by atoms with van der Waals surface area (Å²) in [5.74, 6) is -1.41. The number of benzene rings is 2. The van der Waals surface area contributed by atoms with Gasteiger partial charge in [-0.05, 0) is 61.5 Å². The second-order valence-corrected chi connectivity index (χ2v) is 8.30. The van der Waals surface area contributed by atoms with E-state index < -0.39 is 23.5 Å². The summed E-state index contributed by atoms with van der Waals surface area (Å²) in [5, 5.41) is 11.1. The first-order chi connectivity index (χ1) is 16.4. The van der Waals surface area contributed by atoms with Crippen molar-refractivity contribution < 1.29 is 23.8 Å². The fourth-order valence-electron chi connectivity index (χ4n) is 4.09. The predicted molar refractivity (Wildman–Crippen MR) is 130 cm³/mol. The van der Waals surface area contributed by atoms with Crippen LogP contribution in [0.15, 0.2) is 54.1 Å². The van der Waals surface area contributed by atoms with Crippen LogP contribution in [-0.2, 0) is 9.59 Å². The summed E-state index contributed by atoms with van der Waals surface area (Å²) in [5.41, 5.74) is 0.994. The Balaban J connectivity index is 1.98. The van der Waals surface area contributed by atoms with Gasteiger partial charge in [0.1, 0.15) is 17.3 Å². The number of hydrogen-bond donors (Lipinski definition) is 1. The van der Waals surface area contributed by atoms with Gasteiger partial charge in [0.25, 0.3) is 11.7 Å². The number of nitrogens with zero attached hydrogens (tertiary/aromatic N) is 2. The zero-order chi connectivity index (χ0) is 24.7. The van der Waals surface area contributed by atoms with Crippen molar-refractivity contribution >= 4 is 17.4 Å². The van der Waals surface area contributed by atoms with Gasteiger partial charge in [-0.2, -0.15) is 0 Å². The maximum Gasteiger partial charge on any atom is 0.295 e. The third-order valence-corrected chi connectivity index (χ3v) is 6.17. The molecular formula is C27H33FN2O4. The Hall–Kier alpha value is -3.19. The lowest BCUT2D eigenvalue weighted by Gasteiger charge is -2.28. The van der Waals surface area contributed by atoms with Crippen LogP contribution in [-0.4, -0.2) is 59.4 Å². The van der Waals surface area contributed by atoms with E-state index in [1.807, 2.05) is 13.8 Å². The van der Waals surface area contributed by atoms with Gasteiger partial charge < -0.3 is 19.6 Å². The van der Waals surface area contributed by atoms with E-state index in [1.165, 1.54) is 17.0 Å². The summed E-state index contributed by atoms with van der Waals surface area (Å²) in [4.78, 5) is 29.7. The number of carbonyl (C=O) groups is 2. The molecule has 2 aromatic rings. The Morgan fingerprint density at radius 3 is 2.26 bits per heavy atom. The Labute approximate surface area is 200 Å². The van der Waals surface area contributed by atoms with Crippen molar-refractivity contribution in [3.8, 4) is 5.75 Å². The molecule has 1 heterocycles. The third kappa shape index (κ3) is 5.65. The van der Waals surface area contributed by atoms with Crippen LogP contribution in [0.25, 0.3) is 5.76 Å². The van der Waals surface area contributed by atoms with Crippen molar-refractivity contribution in [3.05, 3.63) is 71.0 Å². The molecule has 1 fully saturated rings. The van der Waals surface area contributed by atoms with E-state index in [4.69, 9.17) is 4.74 Å². The normalized spacial score (nSPS) is 17.6. The standard InChI is InChI=1S/C27H33FN2O4/c1-4-7-18-34-22-14-10-20(11-15-22)25(31)23-24(19-8-12-21(28)13-9-19)30(27(33)26(23)32)17-16-29(5-2)6-3/h8-15,24,31H,4-7,16-18H2,1-3H3/b25-23+. The van der Waals surface area contributed by atoms with E-state index in [1.54, 1.807) is 36.4 Å². The highest BCUT2D eigenvalue weighted by Crippen LogP contribution is 2.39. The summed E-state index contributed by atoms with van der Waals surface area (Å²) < 4.78 is 19.3. The van der Waals surface area contributed by atoms with E-state index in [9.17, 15) is 19.1 Å². The van der Waals surface area contributed by atoms with Gasteiger partial charge in [-0.15, -0.1) is 0 Å². The van der Waals surface area contributed by atoms with Crippen molar-refractivity contribution in [2.75, 3.05) is 32.8 Å². The van der Waals surface area contributed by atoms with E-state index >= 15 is 0 Å². The maximum atomic E-state index is 13.6. The number of halogens is 1. The molecule has 2 aromatic carbocycles. The maximum absolute atomic E-state index is 13.6. The minimum absolute atomic E-state index is 0.0100. The quantitative estimate of drug-likeness (QED) is 0.223. The molecule has 1 amide bonds. The second kappa shape index (κ2) is 11.8. The number of carbonyl (C=O) groups excluding carboxylic acids is 2. The van der Waals surface area contributed by atoms with Gasteiger partial charge >= 0.3 is 0 Å². The summed E-state index contributed by atoms with van der Waals surface area (Å²) in [7, 11) is 0. The molecule has 0 bridgehead atoms. The summed E-state index contributed by atoms with van der Waals surface area (Å²) in [6.07, 6.45) is 1.97. The number of aliphatic hydroxyl groups excluding tert-OH is 1. The molecule has 0 aromatic heterocycles. The smallest absolute Gasteiger partial charge is 0.295 e. The first kappa shape index (κ1) is 25.4. The number of ether oxygens (including phenoxy) is 1. The first-order valence-electron chi connectivity index (χ1n) is 11.9. The van der Waals surface area contributed by atoms with E-state index in [2.05, 4.69) is 11.8 Å². The summed E-state index contributed by atoms with van der Waals surface area (Å²) in [6.45, 7) is 9.28. The summed E-state index contributed by atoms with van der Waals surface area (Å²) in [6, 6.07) is 11.7. The lowest BCUT2D eigenvalue weighted by atomic mass is 9.95. The molecule has 1 unspecified atom stereocenters. The van der Waals surface area contributed by atoms with Crippen LogP contribution in [0, 0.1) is 5.82 Å². The number of rotatable bonds is 11. The Morgan fingerprint density at radius 2 is 1.68 bits per heavy atom. The lowest BCUT2D eigenvalue weighted by molar-refractivity contribution is -0.140. The lowest BCUT2D eigenvalue weighted by Crippen LogP contribution is -2.38. The number of amides is 1. The van der Waals surface area contributed by atoms with Crippen molar-refractivity contribution in [2.24, 2.45) is 0 Å². The van der Waals surface area contributed by atoms with Crippen LogP contribution >= 0.6 is 0 Å². The fraction of sp³-hybridized carbons (Fsp3) is 0.407. The van der Waals surface area contributed by atoms with Crippen LogP contribution in [0.4, 0.5) is 4.39 Å². The molecule has 7 heteroatoms. The van der Waals surface area contributed by atoms with Gasteiger partial charge in [0.05, 0.1) is 18.2 Å². The van der Waals surface area contributed by atoms with Crippen molar-refractivity contribution in [3.63, 3.8) is 0 Å². The SMILES string of the molecule is CCCCOc1ccc(/C(O)=C2\C(=O)C(=O)N(CCN(CC)CC)C2c2ccc(F)cc2)cc1. The largest absolute Gasteiger partial charge is 0.507 e. The summed E-state index contributed by atoms with van der Waals surface area (Å²) >= 11 is 0. The number of ketones is 1. The van der Waals surface area contributed by atoms with Gasteiger partial charge in [0, 0.05) is 18.7 Å². The number of likely N-dealkylation sites (tertiary alicyclic amines) is 1. The molecule has 1 aliphatic heterocycles. The zero-order valence-electron chi connectivity index (χ0n) is 20.1. The number of unbranched alkanes of at least 4 members (excludes halogenated alkanes) is 1. The molecule has 0 aliphatic carbocycles. The van der Waals surface area contributed by atoms with Gasteiger partial charge in [-0.1, -0.05) is 39.3 Å². The topological polar surface area (TPSA) is 70.1 Å². The molecule has 1 saturated heterocycles. The number of likely N-dealkylation sites (N-methyl/N-ethyl adjacent to an activating group) is 1. The van der Waals surface area contributed by atoms with Crippen molar-refractivity contribution in [2.45, 2.75) is 39.7 Å². The fourth-order valence-corrected chi connectivity index (χ4v) is 4.09. The van der Waals surface area contributed by atoms with Gasteiger partial charge in [-0.3, -0.25) is 9.59 Å². The van der Waals surface area contributed by atoms with E-state index in [0.29, 0.717) is 36.6 Å². The minimum atomic E-state index is -0.795. The molecule has 6 nitrogen and oxygen atoms in total. The Kier molecular flexibility index (Phi) is 8.82. The van der Waals surface area contributed by atoms with Crippen LogP contribution in [0.1, 0.15) is 50.8 Å². The van der Waals surface area contributed by atoms with Crippen LogP contribution in [0.5, 0.6) is 5.75 Å². The zero-order valence-corrected chi connectivity index (χ0v) is 20.1. The molecule has 0 radical (unpaired) electrons. The van der Waals surface area contributed by atoms with E-state index in [-0.39, 0.29) is 11.3 Å². The molecule has 1 N–H and O–H groups in total. The molecule has 0 saturated carbocycles. The molecule has 182 valence electrons. The highest BCUT2D eigenvalue weighted by Gasteiger charge is 2.45. The highest BCUT2D eigenvalue weighted by molar-refractivity contribution is 6.46. The van der Waals surface area contributed by atoms with Crippen LogP contribution < -0.4 is 4.74 Å². The monoisotopic (exact) mass is 468 g/mol. The number of Topliss-reactive ketones (excluding diaryl/α,β-unsaturated/α-hetero) is 1. The van der Waals surface area contributed by atoms with Crippen molar-refractivity contribution in [1.82, 2.24) is 9.80 Å². The molecule has 1 atom stereocenters. The second-order valence-electron chi connectivity index (χ2n) is 8.30. The van der Waals surface area contributed by atoms with Gasteiger partial charge in [0.15, 0.2) is 0 Å². The molecular weight excluding hydrogens is 435 g/mol. The molecule has 1 aliphatic rings. The average molecular weight is 469 g/mol. The molecule has 34 heavy (non-hydrogen) atoms. The van der Waals surface area contributed by atoms with Crippen molar-refractivity contribution in [1.29, 1.82) is 0 Å². The third-order valence-electron chi connectivity index (χ3n) is 6.17. The number of aliphatic hydroxyl groups is 1. The Bertz CT molecular complexity index is 1010. The number of hydrogen-bond acceptors (Lipinski definition) is 5.